The Morgan fingerprint density at radius 3 is 2.45 bits per heavy atom. The van der Waals surface area contributed by atoms with Crippen LogP contribution in [0.2, 0.25) is 0 Å². The van der Waals surface area contributed by atoms with Crippen molar-refractivity contribution in [1.29, 1.82) is 0 Å². The van der Waals surface area contributed by atoms with E-state index in [0.29, 0.717) is 17.0 Å². The van der Waals surface area contributed by atoms with E-state index >= 15 is 0 Å². The summed E-state index contributed by atoms with van der Waals surface area (Å²) in [4.78, 5) is 14.8. The maximum absolute atomic E-state index is 12.9. The fourth-order valence-corrected chi connectivity index (χ4v) is 4.88. The molecule has 162 valence electrons. The molecule has 1 fully saturated rings. The van der Waals surface area contributed by atoms with Gasteiger partial charge in [-0.05, 0) is 37.1 Å². The van der Waals surface area contributed by atoms with Gasteiger partial charge in [0.2, 0.25) is 5.91 Å². The maximum Gasteiger partial charge on any atom is 0.233 e. The SMILES string of the molecule is COc1ccc(-n2c(SCC(=O)N(C)C3CCCCC3)nnc2-c2ccccc2)cc1. The third kappa shape index (κ3) is 4.93. The summed E-state index contributed by atoms with van der Waals surface area (Å²) in [6.07, 6.45) is 5.91. The Hall–Kier alpha value is -2.80. The number of methoxy groups -OCH3 is 1. The molecule has 31 heavy (non-hydrogen) atoms. The van der Waals surface area contributed by atoms with Gasteiger partial charge in [0, 0.05) is 24.3 Å². The zero-order chi connectivity index (χ0) is 21.6. The van der Waals surface area contributed by atoms with E-state index in [2.05, 4.69) is 10.2 Å². The van der Waals surface area contributed by atoms with Crippen LogP contribution in [0.4, 0.5) is 0 Å². The molecule has 0 N–H and O–H groups in total. The summed E-state index contributed by atoms with van der Waals surface area (Å²) >= 11 is 1.43. The molecule has 4 rings (SSSR count). The van der Waals surface area contributed by atoms with Crippen LogP contribution in [-0.2, 0) is 4.79 Å². The van der Waals surface area contributed by atoms with Gasteiger partial charge in [-0.2, -0.15) is 0 Å². The van der Waals surface area contributed by atoms with Gasteiger partial charge in [0.15, 0.2) is 11.0 Å². The average Bonchev–Trinajstić information content (AvgIpc) is 3.27. The fraction of sp³-hybridized carbons (Fsp3) is 0.375. The molecule has 0 radical (unpaired) electrons. The fourth-order valence-electron chi connectivity index (χ4n) is 4.00. The van der Waals surface area contributed by atoms with Gasteiger partial charge in [-0.25, -0.2) is 0 Å². The number of nitrogens with zero attached hydrogens (tertiary/aromatic N) is 4. The summed E-state index contributed by atoms with van der Waals surface area (Å²) in [6, 6.07) is 18.1. The van der Waals surface area contributed by atoms with Crippen LogP contribution in [0, 0.1) is 0 Å². The molecule has 0 atom stereocenters. The van der Waals surface area contributed by atoms with Crippen molar-refractivity contribution >= 4 is 17.7 Å². The Morgan fingerprint density at radius 2 is 1.77 bits per heavy atom. The molecule has 1 aromatic heterocycles. The van der Waals surface area contributed by atoms with Crippen molar-refractivity contribution in [3.05, 3.63) is 54.6 Å². The number of carbonyl (C=O) groups is 1. The molecule has 7 heteroatoms. The average molecular weight is 437 g/mol. The molecule has 1 saturated carbocycles. The number of hydrogen-bond acceptors (Lipinski definition) is 5. The Bertz CT molecular complexity index is 998. The first-order valence-corrected chi connectivity index (χ1v) is 11.7. The highest BCUT2D eigenvalue weighted by Crippen LogP contribution is 2.29. The molecule has 0 saturated heterocycles. The van der Waals surface area contributed by atoms with Crippen LogP contribution in [0.1, 0.15) is 32.1 Å². The minimum absolute atomic E-state index is 0.141. The highest BCUT2D eigenvalue weighted by molar-refractivity contribution is 7.99. The van der Waals surface area contributed by atoms with Crippen LogP contribution >= 0.6 is 11.8 Å². The topological polar surface area (TPSA) is 60.2 Å². The first-order valence-electron chi connectivity index (χ1n) is 10.7. The molecular formula is C24H28N4O2S. The summed E-state index contributed by atoms with van der Waals surface area (Å²) in [5, 5.41) is 9.59. The van der Waals surface area contributed by atoms with Crippen molar-refractivity contribution in [2.75, 3.05) is 19.9 Å². The lowest BCUT2D eigenvalue weighted by Crippen LogP contribution is -2.39. The van der Waals surface area contributed by atoms with Crippen molar-refractivity contribution in [1.82, 2.24) is 19.7 Å². The van der Waals surface area contributed by atoms with E-state index in [1.165, 1.54) is 31.0 Å². The number of rotatable bonds is 7. The standard InChI is InChI=1S/C24H28N4O2S/c1-27(19-11-7-4-8-12-19)22(29)17-31-24-26-25-23(18-9-5-3-6-10-18)28(24)20-13-15-21(30-2)16-14-20/h3,5-6,9-10,13-16,19H,4,7-8,11-12,17H2,1-2H3. The number of carbonyl (C=O) groups excluding carboxylic acids is 1. The number of aromatic nitrogens is 3. The third-order valence-corrected chi connectivity index (χ3v) is 6.75. The van der Waals surface area contributed by atoms with Crippen molar-refractivity contribution in [2.45, 2.75) is 43.3 Å². The Kier molecular flexibility index (Phi) is 6.92. The van der Waals surface area contributed by atoms with Crippen molar-refractivity contribution in [3.63, 3.8) is 0 Å². The smallest absolute Gasteiger partial charge is 0.233 e. The maximum atomic E-state index is 12.9. The van der Waals surface area contributed by atoms with Crippen LogP contribution in [-0.4, -0.2) is 51.5 Å². The minimum atomic E-state index is 0.141. The van der Waals surface area contributed by atoms with Gasteiger partial charge in [-0.15, -0.1) is 10.2 Å². The molecule has 0 bridgehead atoms. The first-order chi connectivity index (χ1) is 15.2. The van der Waals surface area contributed by atoms with E-state index in [1.54, 1.807) is 7.11 Å². The second-order valence-corrected chi connectivity index (χ2v) is 8.73. The number of amides is 1. The Morgan fingerprint density at radius 1 is 1.06 bits per heavy atom. The molecule has 0 aliphatic heterocycles. The van der Waals surface area contributed by atoms with E-state index in [-0.39, 0.29) is 5.91 Å². The summed E-state index contributed by atoms with van der Waals surface area (Å²) < 4.78 is 7.31. The molecule has 1 aliphatic carbocycles. The van der Waals surface area contributed by atoms with Crippen LogP contribution in [0.5, 0.6) is 5.75 Å². The summed E-state index contributed by atoms with van der Waals surface area (Å²) in [6.45, 7) is 0. The second kappa shape index (κ2) is 10.0. The van der Waals surface area contributed by atoms with Gasteiger partial charge in [-0.3, -0.25) is 9.36 Å². The van der Waals surface area contributed by atoms with Crippen molar-refractivity contribution in [2.24, 2.45) is 0 Å². The number of benzene rings is 2. The Labute approximate surface area is 187 Å². The molecule has 1 aliphatic rings. The van der Waals surface area contributed by atoms with Crippen LogP contribution in [0.3, 0.4) is 0 Å². The van der Waals surface area contributed by atoms with Gasteiger partial charge in [0.25, 0.3) is 0 Å². The first kappa shape index (κ1) is 21.4. The van der Waals surface area contributed by atoms with E-state index < -0.39 is 0 Å². The molecule has 3 aromatic rings. The predicted octanol–water partition coefficient (Wildman–Crippen LogP) is 4.83. The third-order valence-electron chi connectivity index (χ3n) is 5.84. The van der Waals surface area contributed by atoms with Gasteiger partial charge in [-0.1, -0.05) is 61.4 Å². The lowest BCUT2D eigenvalue weighted by Gasteiger charge is -2.31. The van der Waals surface area contributed by atoms with Gasteiger partial charge in [0.05, 0.1) is 12.9 Å². The summed E-state index contributed by atoms with van der Waals surface area (Å²) in [7, 11) is 3.58. The quantitative estimate of drug-likeness (QED) is 0.497. The molecule has 0 spiro atoms. The zero-order valence-corrected chi connectivity index (χ0v) is 18.8. The zero-order valence-electron chi connectivity index (χ0n) is 18.0. The van der Waals surface area contributed by atoms with Gasteiger partial charge >= 0.3 is 0 Å². The lowest BCUT2D eigenvalue weighted by molar-refractivity contribution is -0.129. The Balaban J connectivity index is 1.58. The van der Waals surface area contributed by atoms with E-state index in [0.717, 1.165) is 35.7 Å². The summed E-state index contributed by atoms with van der Waals surface area (Å²) in [5.41, 5.74) is 1.91. The molecule has 0 unspecified atom stereocenters. The highest BCUT2D eigenvalue weighted by Gasteiger charge is 2.23. The van der Waals surface area contributed by atoms with Gasteiger partial charge in [0.1, 0.15) is 5.75 Å². The van der Waals surface area contributed by atoms with Gasteiger partial charge < -0.3 is 9.64 Å². The van der Waals surface area contributed by atoms with E-state index in [9.17, 15) is 4.79 Å². The minimum Gasteiger partial charge on any atom is -0.497 e. The molecule has 2 aromatic carbocycles. The normalized spacial score (nSPS) is 14.4. The largest absolute Gasteiger partial charge is 0.497 e. The lowest BCUT2D eigenvalue weighted by atomic mass is 9.94. The molecule has 1 amide bonds. The molecule has 1 heterocycles. The van der Waals surface area contributed by atoms with Crippen LogP contribution in [0.15, 0.2) is 59.8 Å². The monoisotopic (exact) mass is 436 g/mol. The van der Waals surface area contributed by atoms with Crippen molar-refractivity contribution in [3.8, 4) is 22.8 Å². The van der Waals surface area contributed by atoms with Crippen molar-refractivity contribution < 1.29 is 9.53 Å². The second-order valence-electron chi connectivity index (χ2n) is 7.79. The van der Waals surface area contributed by atoms with E-state index in [1.807, 2.05) is 71.1 Å². The number of hydrogen-bond donors (Lipinski definition) is 0. The van der Waals surface area contributed by atoms with Crippen LogP contribution < -0.4 is 4.74 Å². The molecule has 6 nitrogen and oxygen atoms in total. The summed E-state index contributed by atoms with van der Waals surface area (Å²) in [5.74, 6) is 2.02. The number of ether oxygens (including phenoxy) is 1. The van der Waals surface area contributed by atoms with E-state index in [4.69, 9.17) is 4.74 Å². The number of thioether (sulfide) groups is 1. The van der Waals surface area contributed by atoms with Crippen LogP contribution in [0.25, 0.3) is 17.1 Å². The predicted molar refractivity (Wildman–Crippen MR) is 124 cm³/mol. The molecular weight excluding hydrogens is 408 g/mol. The highest BCUT2D eigenvalue weighted by atomic mass is 32.2.